The van der Waals surface area contributed by atoms with E-state index in [4.69, 9.17) is 4.74 Å². The summed E-state index contributed by atoms with van der Waals surface area (Å²) in [6.07, 6.45) is 2.51. The molecule has 1 N–H and O–H groups in total. The Bertz CT molecular complexity index is 439. The summed E-state index contributed by atoms with van der Waals surface area (Å²) < 4.78 is 5.37. The van der Waals surface area contributed by atoms with Gasteiger partial charge in [0, 0.05) is 13.2 Å². The average molecular weight is 261 g/mol. The van der Waals surface area contributed by atoms with E-state index in [0.29, 0.717) is 13.2 Å². The molecule has 0 aliphatic carbocycles. The highest BCUT2D eigenvalue weighted by Crippen LogP contribution is 2.17. The lowest BCUT2D eigenvalue weighted by atomic mass is 9.97. The van der Waals surface area contributed by atoms with E-state index in [1.165, 1.54) is 22.3 Å². The second-order valence-electron chi connectivity index (χ2n) is 5.42. The Labute approximate surface area is 115 Å². The Morgan fingerprint density at radius 1 is 1.32 bits per heavy atom. The first-order valence-electron chi connectivity index (χ1n) is 7.04. The van der Waals surface area contributed by atoms with Gasteiger partial charge in [-0.05, 0) is 56.7 Å². The van der Waals surface area contributed by atoms with Crippen LogP contribution in [0.5, 0.6) is 0 Å². The van der Waals surface area contributed by atoms with Crippen LogP contribution in [0.1, 0.15) is 35.1 Å². The summed E-state index contributed by atoms with van der Waals surface area (Å²) in [4.78, 5) is 11.8. The van der Waals surface area contributed by atoms with Crippen LogP contribution in [0.4, 0.5) is 0 Å². The number of benzene rings is 1. The van der Waals surface area contributed by atoms with Gasteiger partial charge in [-0.25, -0.2) is 0 Å². The molecule has 1 amide bonds. The van der Waals surface area contributed by atoms with Crippen LogP contribution in [0.3, 0.4) is 0 Å². The number of carbonyl (C=O) groups excluding carboxylic acids is 1. The minimum Gasteiger partial charge on any atom is -0.368 e. The summed E-state index contributed by atoms with van der Waals surface area (Å²) >= 11 is 0. The molecular formula is C16H23NO2. The van der Waals surface area contributed by atoms with Crippen molar-refractivity contribution in [2.75, 3.05) is 13.2 Å². The third-order valence-electron chi connectivity index (χ3n) is 3.74. The standard InChI is InChI=1S/C16H23NO2/c1-11-9-12(2)14(13(3)10-11)6-7-17-16(18)15-5-4-8-19-15/h9-10,15H,4-8H2,1-3H3,(H,17,18). The van der Waals surface area contributed by atoms with Gasteiger partial charge in [-0.1, -0.05) is 17.7 Å². The predicted molar refractivity (Wildman–Crippen MR) is 76.3 cm³/mol. The maximum Gasteiger partial charge on any atom is 0.249 e. The van der Waals surface area contributed by atoms with E-state index in [9.17, 15) is 4.79 Å². The predicted octanol–water partition coefficient (Wildman–Crippen LogP) is 2.45. The van der Waals surface area contributed by atoms with E-state index in [1.807, 2.05) is 0 Å². The minimum atomic E-state index is -0.222. The van der Waals surface area contributed by atoms with Crippen molar-refractivity contribution >= 4 is 5.91 Å². The van der Waals surface area contributed by atoms with E-state index in [0.717, 1.165) is 19.3 Å². The topological polar surface area (TPSA) is 38.3 Å². The number of amides is 1. The maximum atomic E-state index is 11.8. The van der Waals surface area contributed by atoms with Gasteiger partial charge in [0.15, 0.2) is 0 Å². The SMILES string of the molecule is Cc1cc(C)c(CCNC(=O)C2CCCO2)c(C)c1. The molecule has 0 spiro atoms. The van der Waals surface area contributed by atoms with Crippen molar-refractivity contribution < 1.29 is 9.53 Å². The molecule has 1 unspecified atom stereocenters. The fourth-order valence-electron chi connectivity index (χ4n) is 2.81. The molecule has 1 saturated heterocycles. The number of nitrogens with one attached hydrogen (secondary N) is 1. The van der Waals surface area contributed by atoms with Gasteiger partial charge >= 0.3 is 0 Å². The maximum absolute atomic E-state index is 11.8. The molecule has 1 aromatic rings. The highest BCUT2D eigenvalue weighted by atomic mass is 16.5. The summed E-state index contributed by atoms with van der Waals surface area (Å²) in [5.41, 5.74) is 5.26. The van der Waals surface area contributed by atoms with Crippen molar-refractivity contribution in [2.45, 2.75) is 46.1 Å². The Hall–Kier alpha value is -1.35. The van der Waals surface area contributed by atoms with Gasteiger partial charge in [-0.3, -0.25) is 4.79 Å². The molecule has 1 atom stereocenters. The van der Waals surface area contributed by atoms with Crippen molar-refractivity contribution in [3.8, 4) is 0 Å². The summed E-state index contributed by atoms with van der Waals surface area (Å²) in [5.74, 6) is 0.0416. The highest BCUT2D eigenvalue weighted by molar-refractivity contribution is 5.80. The smallest absolute Gasteiger partial charge is 0.249 e. The third-order valence-corrected chi connectivity index (χ3v) is 3.74. The first-order chi connectivity index (χ1) is 9.08. The monoisotopic (exact) mass is 261 g/mol. The molecule has 0 bridgehead atoms. The molecule has 0 saturated carbocycles. The highest BCUT2D eigenvalue weighted by Gasteiger charge is 2.22. The second kappa shape index (κ2) is 6.20. The van der Waals surface area contributed by atoms with Crippen LogP contribution in [-0.4, -0.2) is 25.2 Å². The summed E-state index contributed by atoms with van der Waals surface area (Å²) in [7, 11) is 0. The largest absolute Gasteiger partial charge is 0.368 e. The van der Waals surface area contributed by atoms with Gasteiger partial charge in [-0.2, -0.15) is 0 Å². The van der Waals surface area contributed by atoms with Crippen molar-refractivity contribution in [3.05, 3.63) is 34.4 Å². The van der Waals surface area contributed by atoms with Crippen LogP contribution < -0.4 is 5.32 Å². The fourth-order valence-corrected chi connectivity index (χ4v) is 2.81. The number of hydrogen-bond acceptors (Lipinski definition) is 2. The first-order valence-corrected chi connectivity index (χ1v) is 7.04. The number of aryl methyl sites for hydroxylation is 3. The lowest BCUT2D eigenvalue weighted by Gasteiger charge is -2.13. The average Bonchev–Trinajstić information content (AvgIpc) is 2.85. The molecular weight excluding hydrogens is 238 g/mol. The van der Waals surface area contributed by atoms with Crippen LogP contribution >= 0.6 is 0 Å². The number of carbonyl (C=O) groups is 1. The molecule has 19 heavy (non-hydrogen) atoms. The van der Waals surface area contributed by atoms with Gasteiger partial charge in [0.2, 0.25) is 5.91 Å². The molecule has 1 aliphatic heterocycles. The van der Waals surface area contributed by atoms with Crippen molar-refractivity contribution in [1.29, 1.82) is 0 Å². The molecule has 1 heterocycles. The van der Waals surface area contributed by atoms with E-state index < -0.39 is 0 Å². The second-order valence-corrected chi connectivity index (χ2v) is 5.42. The molecule has 2 rings (SSSR count). The van der Waals surface area contributed by atoms with Crippen LogP contribution in [0, 0.1) is 20.8 Å². The zero-order valence-electron chi connectivity index (χ0n) is 12.1. The molecule has 1 aromatic carbocycles. The fraction of sp³-hybridized carbons (Fsp3) is 0.562. The number of hydrogen-bond donors (Lipinski definition) is 1. The summed E-state index contributed by atoms with van der Waals surface area (Å²) in [5, 5.41) is 2.98. The Kier molecular flexibility index (Phi) is 4.59. The molecule has 3 nitrogen and oxygen atoms in total. The Morgan fingerprint density at radius 3 is 2.58 bits per heavy atom. The van der Waals surface area contributed by atoms with Gasteiger partial charge in [0.25, 0.3) is 0 Å². The summed E-state index contributed by atoms with van der Waals surface area (Å²) in [6, 6.07) is 4.40. The van der Waals surface area contributed by atoms with Crippen molar-refractivity contribution in [3.63, 3.8) is 0 Å². The van der Waals surface area contributed by atoms with E-state index in [1.54, 1.807) is 0 Å². The van der Waals surface area contributed by atoms with Gasteiger partial charge in [0.1, 0.15) is 6.10 Å². The lowest BCUT2D eigenvalue weighted by Crippen LogP contribution is -2.35. The molecule has 104 valence electrons. The van der Waals surface area contributed by atoms with Crippen molar-refractivity contribution in [2.24, 2.45) is 0 Å². The van der Waals surface area contributed by atoms with Gasteiger partial charge in [0.05, 0.1) is 0 Å². The Morgan fingerprint density at radius 2 is 2.00 bits per heavy atom. The van der Waals surface area contributed by atoms with Gasteiger partial charge < -0.3 is 10.1 Å². The van der Waals surface area contributed by atoms with Crippen LogP contribution in [0.2, 0.25) is 0 Å². The normalized spacial score (nSPS) is 18.6. The zero-order chi connectivity index (χ0) is 13.8. The van der Waals surface area contributed by atoms with Crippen molar-refractivity contribution in [1.82, 2.24) is 5.32 Å². The lowest BCUT2D eigenvalue weighted by molar-refractivity contribution is -0.129. The third kappa shape index (κ3) is 3.57. The molecule has 1 fully saturated rings. The molecule has 1 aliphatic rings. The zero-order valence-corrected chi connectivity index (χ0v) is 12.1. The number of ether oxygens (including phenoxy) is 1. The van der Waals surface area contributed by atoms with Crippen LogP contribution in [0.25, 0.3) is 0 Å². The minimum absolute atomic E-state index is 0.0416. The van der Waals surface area contributed by atoms with E-state index in [-0.39, 0.29) is 12.0 Å². The molecule has 0 aromatic heterocycles. The van der Waals surface area contributed by atoms with Crippen LogP contribution in [0.15, 0.2) is 12.1 Å². The Balaban J connectivity index is 1.87. The number of rotatable bonds is 4. The first kappa shape index (κ1) is 14.1. The molecule has 3 heteroatoms. The molecule has 0 radical (unpaired) electrons. The van der Waals surface area contributed by atoms with Gasteiger partial charge in [-0.15, -0.1) is 0 Å². The van der Waals surface area contributed by atoms with E-state index in [2.05, 4.69) is 38.2 Å². The van der Waals surface area contributed by atoms with Crippen LogP contribution in [-0.2, 0) is 16.0 Å². The quantitative estimate of drug-likeness (QED) is 0.904. The van der Waals surface area contributed by atoms with E-state index >= 15 is 0 Å². The summed E-state index contributed by atoms with van der Waals surface area (Å²) in [6.45, 7) is 7.79.